The van der Waals surface area contributed by atoms with Crippen LogP contribution in [0.4, 0.5) is 0 Å². The van der Waals surface area contributed by atoms with E-state index in [0.717, 1.165) is 10.6 Å². The normalized spacial score (nSPS) is 9.82. The summed E-state index contributed by atoms with van der Waals surface area (Å²) in [5, 5.41) is 0. The molecule has 0 unspecified atom stereocenters. The first-order chi connectivity index (χ1) is 5.15. The fourth-order valence-electron chi connectivity index (χ4n) is 0.926. The Morgan fingerprint density at radius 2 is 1.91 bits per heavy atom. The maximum Gasteiger partial charge on any atom is 0.120 e. The largest absolute Gasteiger partial charge is 0.497 e. The van der Waals surface area contributed by atoms with Gasteiger partial charge in [0.25, 0.3) is 0 Å². The molecule has 0 radical (unpaired) electrons. The van der Waals surface area contributed by atoms with Crippen LogP contribution in [0.15, 0.2) is 17.0 Å². The molecule has 2 heteroatoms. The van der Waals surface area contributed by atoms with Gasteiger partial charge < -0.3 is 4.74 Å². The zero-order valence-electron chi connectivity index (χ0n) is 7.01. The fraction of sp³-hybridized carbons (Fsp3) is 0.333. The lowest BCUT2D eigenvalue weighted by Crippen LogP contribution is -1.87. The molecule has 0 atom stereocenters. The van der Waals surface area contributed by atoms with Gasteiger partial charge in [-0.2, -0.15) is 0 Å². The minimum Gasteiger partial charge on any atom is -0.497 e. The van der Waals surface area contributed by atoms with Crippen molar-refractivity contribution in [3.8, 4) is 5.75 Å². The molecule has 0 saturated carbocycles. The average molecular weight is 168 g/mol. The van der Waals surface area contributed by atoms with Crippen molar-refractivity contribution in [1.82, 2.24) is 0 Å². The first-order valence-corrected chi connectivity index (χ1v) is 3.94. The van der Waals surface area contributed by atoms with Crippen molar-refractivity contribution in [1.29, 1.82) is 0 Å². The average Bonchev–Trinajstić information content (AvgIpc) is 1.99. The van der Waals surface area contributed by atoms with Crippen LogP contribution >= 0.6 is 12.6 Å². The Labute approximate surface area is 72.8 Å². The number of benzene rings is 1. The molecule has 0 heterocycles. The summed E-state index contributed by atoms with van der Waals surface area (Å²) in [7, 11) is 1.66. The van der Waals surface area contributed by atoms with E-state index in [9.17, 15) is 0 Å². The quantitative estimate of drug-likeness (QED) is 0.634. The third-order valence-corrected chi connectivity index (χ3v) is 2.31. The topological polar surface area (TPSA) is 9.23 Å². The summed E-state index contributed by atoms with van der Waals surface area (Å²) in [6, 6.07) is 3.93. The van der Waals surface area contributed by atoms with Gasteiger partial charge in [0, 0.05) is 4.90 Å². The summed E-state index contributed by atoms with van der Waals surface area (Å²) in [6.07, 6.45) is 0. The lowest BCUT2D eigenvalue weighted by molar-refractivity contribution is 0.413. The minimum atomic E-state index is 0.873. The first kappa shape index (κ1) is 8.47. The Kier molecular flexibility index (Phi) is 2.45. The lowest BCUT2D eigenvalue weighted by atomic mass is 10.1. The number of hydrogen-bond acceptors (Lipinski definition) is 2. The molecule has 0 amide bonds. The van der Waals surface area contributed by atoms with Crippen LogP contribution in [0.1, 0.15) is 11.1 Å². The van der Waals surface area contributed by atoms with Crippen LogP contribution in [0.3, 0.4) is 0 Å². The Hall–Kier alpha value is -0.630. The molecule has 1 aromatic carbocycles. The van der Waals surface area contributed by atoms with Gasteiger partial charge in [-0.25, -0.2) is 0 Å². The van der Waals surface area contributed by atoms with Crippen LogP contribution in [-0.2, 0) is 0 Å². The lowest BCUT2D eigenvalue weighted by Gasteiger charge is -2.06. The molecule has 60 valence electrons. The molecule has 0 N–H and O–H groups in total. The zero-order chi connectivity index (χ0) is 8.43. The van der Waals surface area contributed by atoms with Gasteiger partial charge in [-0.05, 0) is 37.1 Å². The van der Waals surface area contributed by atoms with E-state index >= 15 is 0 Å². The molecule has 1 rings (SSSR count). The highest BCUT2D eigenvalue weighted by molar-refractivity contribution is 7.80. The number of methoxy groups -OCH3 is 1. The second kappa shape index (κ2) is 3.18. The summed E-state index contributed by atoms with van der Waals surface area (Å²) in [6.45, 7) is 4.11. The SMILES string of the molecule is COc1cc(C)c(C)c(S)c1. The van der Waals surface area contributed by atoms with E-state index < -0.39 is 0 Å². The van der Waals surface area contributed by atoms with Crippen LogP contribution < -0.4 is 4.74 Å². The predicted octanol–water partition coefficient (Wildman–Crippen LogP) is 2.60. The molecule has 0 aliphatic carbocycles. The number of aryl methyl sites for hydroxylation is 1. The van der Waals surface area contributed by atoms with Crippen LogP contribution in [0.25, 0.3) is 0 Å². The third kappa shape index (κ3) is 1.69. The molecule has 0 aliphatic rings. The summed E-state index contributed by atoms with van der Waals surface area (Å²) in [4.78, 5) is 0.988. The van der Waals surface area contributed by atoms with E-state index in [1.807, 2.05) is 12.1 Å². The molecule has 1 aromatic rings. The van der Waals surface area contributed by atoms with E-state index in [4.69, 9.17) is 4.74 Å². The third-order valence-electron chi connectivity index (χ3n) is 1.85. The standard InChI is InChI=1S/C9H12OS/c1-6-4-8(10-3)5-9(11)7(6)2/h4-5,11H,1-3H3. The number of rotatable bonds is 1. The van der Waals surface area contributed by atoms with Crippen LogP contribution in [0, 0.1) is 13.8 Å². The summed E-state index contributed by atoms with van der Waals surface area (Å²) >= 11 is 4.31. The number of thiol groups is 1. The van der Waals surface area contributed by atoms with Crippen LogP contribution in [-0.4, -0.2) is 7.11 Å². The van der Waals surface area contributed by atoms with E-state index in [-0.39, 0.29) is 0 Å². The Balaban J connectivity index is 3.21. The molecule has 1 nitrogen and oxygen atoms in total. The van der Waals surface area contributed by atoms with E-state index in [0.29, 0.717) is 0 Å². The maximum absolute atomic E-state index is 5.08. The highest BCUT2D eigenvalue weighted by atomic mass is 32.1. The van der Waals surface area contributed by atoms with E-state index in [1.54, 1.807) is 7.11 Å². The predicted molar refractivity (Wildman–Crippen MR) is 49.7 cm³/mol. The molecule has 0 bridgehead atoms. The smallest absolute Gasteiger partial charge is 0.120 e. The van der Waals surface area contributed by atoms with Gasteiger partial charge in [-0.1, -0.05) is 0 Å². The highest BCUT2D eigenvalue weighted by Gasteiger charge is 2.00. The first-order valence-electron chi connectivity index (χ1n) is 3.49. The second-order valence-electron chi connectivity index (χ2n) is 2.59. The monoisotopic (exact) mass is 168 g/mol. The molecule has 0 aliphatic heterocycles. The van der Waals surface area contributed by atoms with Crippen molar-refractivity contribution in [2.24, 2.45) is 0 Å². The summed E-state index contributed by atoms with van der Waals surface area (Å²) < 4.78 is 5.08. The van der Waals surface area contributed by atoms with Gasteiger partial charge in [-0.3, -0.25) is 0 Å². The molecule has 0 spiro atoms. The van der Waals surface area contributed by atoms with E-state index in [2.05, 4.69) is 26.5 Å². The molecule has 11 heavy (non-hydrogen) atoms. The Bertz CT molecular complexity index is 245. The van der Waals surface area contributed by atoms with Crippen molar-refractivity contribution in [2.45, 2.75) is 18.7 Å². The van der Waals surface area contributed by atoms with Crippen molar-refractivity contribution < 1.29 is 4.74 Å². The van der Waals surface area contributed by atoms with Gasteiger partial charge in [0.05, 0.1) is 7.11 Å². The summed E-state index contributed by atoms with van der Waals surface area (Å²) in [5.41, 5.74) is 2.43. The second-order valence-corrected chi connectivity index (χ2v) is 3.07. The number of hydrogen-bond donors (Lipinski definition) is 1. The van der Waals surface area contributed by atoms with Gasteiger partial charge >= 0.3 is 0 Å². The van der Waals surface area contributed by atoms with Crippen LogP contribution in [0.2, 0.25) is 0 Å². The van der Waals surface area contributed by atoms with Gasteiger partial charge in [0.1, 0.15) is 5.75 Å². The molecular formula is C9H12OS. The minimum absolute atomic E-state index is 0.873. The highest BCUT2D eigenvalue weighted by Crippen LogP contribution is 2.23. The van der Waals surface area contributed by atoms with Gasteiger partial charge in [0.2, 0.25) is 0 Å². The van der Waals surface area contributed by atoms with Crippen LogP contribution in [0.5, 0.6) is 5.75 Å². The number of ether oxygens (including phenoxy) is 1. The molecule has 0 saturated heterocycles. The summed E-state index contributed by atoms with van der Waals surface area (Å²) in [5.74, 6) is 0.873. The van der Waals surface area contributed by atoms with Crippen molar-refractivity contribution in [3.05, 3.63) is 23.3 Å². The van der Waals surface area contributed by atoms with Crippen molar-refractivity contribution in [2.75, 3.05) is 7.11 Å². The maximum atomic E-state index is 5.08. The van der Waals surface area contributed by atoms with Gasteiger partial charge in [-0.15, -0.1) is 12.6 Å². The molecule has 0 fully saturated rings. The molecule has 0 aromatic heterocycles. The van der Waals surface area contributed by atoms with E-state index in [1.165, 1.54) is 11.1 Å². The Morgan fingerprint density at radius 3 is 2.36 bits per heavy atom. The van der Waals surface area contributed by atoms with Crippen molar-refractivity contribution in [3.63, 3.8) is 0 Å². The fourth-order valence-corrected chi connectivity index (χ4v) is 1.23. The zero-order valence-corrected chi connectivity index (χ0v) is 7.90. The Morgan fingerprint density at radius 1 is 1.27 bits per heavy atom. The van der Waals surface area contributed by atoms with Gasteiger partial charge in [0.15, 0.2) is 0 Å². The molecular weight excluding hydrogens is 156 g/mol. The van der Waals surface area contributed by atoms with Crippen molar-refractivity contribution >= 4 is 12.6 Å².